The van der Waals surface area contributed by atoms with Gasteiger partial charge in [0.1, 0.15) is 6.26 Å². The van der Waals surface area contributed by atoms with Crippen LogP contribution in [0.4, 0.5) is 5.69 Å². The second-order valence-electron chi connectivity index (χ2n) is 8.28. The number of anilines is 1. The maximum atomic E-state index is 13.1. The number of nitrogens with zero attached hydrogens (tertiary/aromatic N) is 2. The number of carboxylic acids is 1. The second kappa shape index (κ2) is 9.85. The third kappa shape index (κ3) is 4.59. The molecule has 36 heavy (non-hydrogen) atoms. The molecule has 5 rings (SSSR count). The van der Waals surface area contributed by atoms with Gasteiger partial charge in [0.15, 0.2) is 5.69 Å². The summed E-state index contributed by atoms with van der Waals surface area (Å²) < 4.78 is 5.27. The Kier molecular flexibility index (Phi) is 6.29. The van der Waals surface area contributed by atoms with Crippen molar-refractivity contribution in [3.8, 4) is 22.7 Å². The van der Waals surface area contributed by atoms with Gasteiger partial charge in [-0.05, 0) is 48.9 Å². The average molecular weight is 482 g/mol. The SMILES string of the molecule is NCCC(C(=O)Nc1ccc2[nH]nc(-c3ccc(-c4nc(C(=O)O)co4)cc3)c2c1)c1ccccc1. The number of rotatable bonds is 8. The van der Waals surface area contributed by atoms with E-state index in [9.17, 15) is 9.59 Å². The van der Waals surface area contributed by atoms with Crippen molar-refractivity contribution >= 4 is 28.5 Å². The lowest BCUT2D eigenvalue weighted by atomic mass is 9.94. The van der Waals surface area contributed by atoms with E-state index in [4.69, 9.17) is 15.3 Å². The van der Waals surface area contributed by atoms with Crippen LogP contribution in [-0.2, 0) is 4.79 Å². The highest BCUT2D eigenvalue weighted by atomic mass is 16.4. The Morgan fingerprint density at radius 3 is 2.47 bits per heavy atom. The largest absolute Gasteiger partial charge is 0.476 e. The first-order valence-electron chi connectivity index (χ1n) is 11.4. The zero-order valence-corrected chi connectivity index (χ0v) is 19.1. The first-order chi connectivity index (χ1) is 17.5. The molecule has 3 aromatic carbocycles. The first-order valence-corrected chi connectivity index (χ1v) is 11.4. The van der Waals surface area contributed by atoms with Gasteiger partial charge in [0.05, 0.1) is 17.1 Å². The van der Waals surface area contributed by atoms with Gasteiger partial charge >= 0.3 is 5.97 Å². The number of oxazole rings is 1. The second-order valence-corrected chi connectivity index (χ2v) is 8.28. The summed E-state index contributed by atoms with van der Waals surface area (Å²) in [5.41, 5.74) is 10.2. The number of aromatic carboxylic acids is 1. The van der Waals surface area contributed by atoms with Crippen molar-refractivity contribution in [2.75, 3.05) is 11.9 Å². The Bertz CT molecular complexity index is 1520. The third-order valence-electron chi connectivity index (χ3n) is 5.93. The Hall–Kier alpha value is -4.76. The highest BCUT2D eigenvalue weighted by Crippen LogP contribution is 2.31. The summed E-state index contributed by atoms with van der Waals surface area (Å²) in [6, 6.07) is 22.5. The van der Waals surface area contributed by atoms with Crippen molar-refractivity contribution in [3.63, 3.8) is 0 Å². The van der Waals surface area contributed by atoms with Crippen molar-refractivity contribution in [2.24, 2.45) is 5.73 Å². The fourth-order valence-corrected chi connectivity index (χ4v) is 4.12. The molecular formula is C27H23N5O4. The standard InChI is InChI=1S/C27H23N5O4/c28-13-12-20(16-4-2-1-3-5-16)25(33)29-19-10-11-22-21(14-19)24(32-31-22)17-6-8-18(9-7-17)26-30-23(15-36-26)27(34)35/h1-11,14-15,20H,12-13,28H2,(H,29,33)(H,31,32)(H,34,35). The molecule has 0 saturated carbocycles. The lowest BCUT2D eigenvalue weighted by Crippen LogP contribution is -2.23. The first kappa shape index (κ1) is 23.0. The van der Waals surface area contributed by atoms with Crippen LogP contribution in [0.15, 0.2) is 83.5 Å². The van der Waals surface area contributed by atoms with Gasteiger partial charge in [0.25, 0.3) is 0 Å². The molecule has 2 heterocycles. The van der Waals surface area contributed by atoms with E-state index in [0.717, 1.165) is 28.3 Å². The summed E-state index contributed by atoms with van der Waals surface area (Å²) in [4.78, 5) is 28.1. The van der Waals surface area contributed by atoms with E-state index in [1.54, 1.807) is 12.1 Å². The minimum atomic E-state index is -1.15. The number of nitrogens with one attached hydrogen (secondary N) is 2. The zero-order chi connectivity index (χ0) is 25.1. The lowest BCUT2D eigenvalue weighted by Gasteiger charge is -2.16. The molecule has 0 bridgehead atoms. The maximum Gasteiger partial charge on any atom is 0.357 e. The van der Waals surface area contributed by atoms with E-state index in [1.807, 2.05) is 60.7 Å². The molecule has 1 atom stereocenters. The number of nitrogens with two attached hydrogens (primary N) is 1. The number of benzene rings is 3. The summed E-state index contributed by atoms with van der Waals surface area (Å²) >= 11 is 0. The van der Waals surface area contributed by atoms with Crippen molar-refractivity contribution in [2.45, 2.75) is 12.3 Å². The Labute approximate surface area is 206 Å². The van der Waals surface area contributed by atoms with Crippen LogP contribution in [0.3, 0.4) is 0 Å². The van der Waals surface area contributed by atoms with Crippen LogP contribution in [0.2, 0.25) is 0 Å². The molecule has 1 unspecified atom stereocenters. The molecule has 0 aliphatic heterocycles. The Morgan fingerprint density at radius 1 is 1.03 bits per heavy atom. The van der Waals surface area contributed by atoms with Crippen LogP contribution in [0.5, 0.6) is 0 Å². The Morgan fingerprint density at radius 2 is 1.78 bits per heavy atom. The number of amides is 1. The molecule has 0 fully saturated rings. The predicted molar refractivity (Wildman–Crippen MR) is 135 cm³/mol. The van der Waals surface area contributed by atoms with E-state index in [1.165, 1.54) is 0 Å². The molecule has 2 aromatic heterocycles. The van der Waals surface area contributed by atoms with Crippen LogP contribution < -0.4 is 11.1 Å². The number of H-pyrrole nitrogens is 1. The monoisotopic (exact) mass is 481 g/mol. The minimum absolute atomic E-state index is 0.118. The molecule has 9 nitrogen and oxygen atoms in total. The highest BCUT2D eigenvalue weighted by Gasteiger charge is 2.20. The molecule has 9 heteroatoms. The molecule has 0 aliphatic carbocycles. The molecular weight excluding hydrogens is 458 g/mol. The van der Waals surface area contributed by atoms with Gasteiger partial charge in [0, 0.05) is 22.2 Å². The number of hydrogen-bond acceptors (Lipinski definition) is 6. The summed E-state index contributed by atoms with van der Waals surface area (Å²) in [6.45, 7) is 0.402. The van der Waals surface area contributed by atoms with Crippen molar-refractivity contribution in [1.29, 1.82) is 0 Å². The fraction of sp³-hybridized carbons (Fsp3) is 0.111. The maximum absolute atomic E-state index is 13.1. The molecule has 0 saturated heterocycles. The minimum Gasteiger partial charge on any atom is -0.476 e. The van der Waals surface area contributed by atoms with Crippen molar-refractivity contribution < 1.29 is 19.1 Å². The summed E-state index contributed by atoms with van der Waals surface area (Å²) in [5, 5.41) is 20.4. The molecule has 0 spiro atoms. The summed E-state index contributed by atoms with van der Waals surface area (Å²) in [7, 11) is 0. The molecule has 1 amide bonds. The summed E-state index contributed by atoms with van der Waals surface area (Å²) in [6.07, 6.45) is 1.65. The van der Waals surface area contributed by atoms with Gasteiger partial charge in [-0.2, -0.15) is 5.10 Å². The topological polar surface area (TPSA) is 147 Å². The van der Waals surface area contributed by atoms with Gasteiger partial charge in [-0.25, -0.2) is 9.78 Å². The molecule has 180 valence electrons. The van der Waals surface area contributed by atoms with E-state index in [2.05, 4.69) is 20.5 Å². The Balaban J connectivity index is 1.40. The molecule has 0 aliphatic rings. The number of carbonyl (C=O) groups excluding carboxylic acids is 1. The van der Waals surface area contributed by atoms with Crippen LogP contribution >= 0.6 is 0 Å². The van der Waals surface area contributed by atoms with Crippen LogP contribution in [0.25, 0.3) is 33.6 Å². The van der Waals surface area contributed by atoms with Crippen LogP contribution in [0.1, 0.15) is 28.4 Å². The molecule has 0 radical (unpaired) electrons. The van der Waals surface area contributed by atoms with E-state index < -0.39 is 5.97 Å². The van der Waals surface area contributed by atoms with Gasteiger partial charge in [0.2, 0.25) is 11.8 Å². The van der Waals surface area contributed by atoms with Gasteiger partial charge in [-0.15, -0.1) is 0 Å². The number of fused-ring (bicyclic) bond motifs is 1. The quantitative estimate of drug-likeness (QED) is 0.252. The third-order valence-corrected chi connectivity index (χ3v) is 5.93. The van der Waals surface area contributed by atoms with Gasteiger partial charge in [-0.1, -0.05) is 42.5 Å². The normalized spacial score (nSPS) is 11.9. The van der Waals surface area contributed by atoms with E-state index in [0.29, 0.717) is 29.9 Å². The lowest BCUT2D eigenvalue weighted by molar-refractivity contribution is -0.117. The molecule has 5 N–H and O–H groups in total. The number of carboxylic acid groups (broad SMARTS) is 1. The number of aromatic nitrogens is 3. The van der Waals surface area contributed by atoms with Gasteiger partial charge < -0.3 is 20.6 Å². The smallest absolute Gasteiger partial charge is 0.357 e. The van der Waals surface area contributed by atoms with Crippen LogP contribution in [0, 0.1) is 0 Å². The van der Waals surface area contributed by atoms with Crippen molar-refractivity contribution in [3.05, 3.63) is 90.3 Å². The average Bonchev–Trinajstić information content (AvgIpc) is 3.56. The van der Waals surface area contributed by atoms with E-state index in [-0.39, 0.29) is 23.4 Å². The summed E-state index contributed by atoms with van der Waals surface area (Å²) in [5.74, 6) is -1.39. The highest BCUT2D eigenvalue weighted by molar-refractivity contribution is 6.00. The van der Waals surface area contributed by atoms with Crippen LogP contribution in [-0.4, -0.2) is 38.7 Å². The fourth-order valence-electron chi connectivity index (χ4n) is 4.12. The van der Waals surface area contributed by atoms with Crippen molar-refractivity contribution in [1.82, 2.24) is 15.2 Å². The van der Waals surface area contributed by atoms with E-state index >= 15 is 0 Å². The van der Waals surface area contributed by atoms with Gasteiger partial charge in [-0.3, -0.25) is 9.89 Å². The number of hydrogen-bond donors (Lipinski definition) is 4. The molecule has 5 aromatic rings. The predicted octanol–water partition coefficient (Wildman–Crippen LogP) is 4.65. The zero-order valence-electron chi connectivity index (χ0n) is 19.1. The number of aromatic amines is 1. The number of carbonyl (C=O) groups is 2.